The van der Waals surface area contributed by atoms with E-state index in [4.69, 9.17) is 4.74 Å². The lowest BCUT2D eigenvalue weighted by atomic mass is 10.0. The molecule has 2 unspecified atom stereocenters. The van der Waals surface area contributed by atoms with Crippen LogP contribution in [0.15, 0.2) is 0 Å². The topological polar surface area (TPSA) is 24.5 Å². The van der Waals surface area contributed by atoms with Crippen molar-refractivity contribution in [2.45, 2.75) is 77.0 Å². The van der Waals surface area contributed by atoms with Crippen molar-refractivity contribution in [1.29, 1.82) is 0 Å². The Morgan fingerprint density at radius 2 is 2.00 bits per heavy atom. The van der Waals surface area contributed by atoms with Crippen molar-refractivity contribution >= 4 is 0 Å². The average Bonchev–Trinajstić information content (AvgIpc) is 2.93. The van der Waals surface area contributed by atoms with Crippen LogP contribution in [0.2, 0.25) is 0 Å². The van der Waals surface area contributed by atoms with Crippen molar-refractivity contribution in [3.63, 3.8) is 0 Å². The van der Waals surface area contributed by atoms with Crippen molar-refractivity contribution in [3.8, 4) is 0 Å². The molecule has 2 fully saturated rings. The maximum Gasteiger partial charge on any atom is 0.0597 e. The molecule has 2 aliphatic rings. The van der Waals surface area contributed by atoms with Crippen LogP contribution in [0.5, 0.6) is 0 Å². The summed E-state index contributed by atoms with van der Waals surface area (Å²) in [5.41, 5.74) is 0. The first kappa shape index (κ1) is 15.3. The van der Waals surface area contributed by atoms with Gasteiger partial charge in [-0.15, -0.1) is 0 Å². The van der Waals surface area contributed by atoms with Gasteiger partial charge in [0, 0.05) is 31.7 Å². The maximum atomic E-state index is 6.03. The van der Waals surface area contributed by atoms with E-state index in [0.717, 1.165) is 19.7 Å². The van der Waals surface area contributed by atoms with Crippen molar-refractivity contribution in [1.82, 2.24) is 10.2 Å². The third kappa shape index (κ3) is 4.73. The minimum absolute atomic E-state index is 0.564. The van der Waals surface area contributed by atoms with Crippen LogP contribution in [0.4, 0.5) is 0 Å². The fourth-order valence-electron chi connectivity index (χ4n) is 3.54. The molecule has 3 heteroatoms. The summed E-state index contributed by atoms with van der Waals surface area (Å²) >= 11 is 0. The average molecular weight is 268 g/mol. The second-order valence-electron chi connectivity index (χ2n) is 6.23. The lowest BCUT2D eigenvalue weighted by Gasteiger charge is -2.40. The second kappa shape index (κ2) is 8.23. The predicted octanol–water partition coefficient (Wildman–Crippen LogP) is 2.80. The smallest absolute Gasteiger partial charge is 0.0597 e. The number of hydrogen-bond acceptors (Lipinski definition) is 3. The summed E-state index contributed by atoms with van der Waals surface area (Å²) in [5, 5.41) is 3.70. The van der Waals surface area contributed by atoms with Crippen LogP contribution in [0.25, 0.3) is 0 Å². The molecular formula is C16H32N2O. The van der Waals surface area contributed by atoms with Gasteiger partial charge in [-0.2, -0.15) is 0 Å². The maximum absolute atomic E-state index is 6.03. The normalized spacial score (nSPS) is 30.0. The SMILES string of the molecule is CCCC1CN(CCOC2CCCC2)C(CC)CN1. The predicted molar refractivity (Wildman–Crippen MR) is 80.6 cm³/mol. The van der Waals surface area contributed by atoms with E-state index in [9.17, 15) is 0 Å². The third-order valence-electron chi connectivity index (χ3n) is 4.76. The highest BCUT2D eigenvalue weighted by Gasteiger charge is 2.26. The molecule has 0 amide bonds. The van der Waals surface area contributed by atoms with Gasteiger partial charge >= 0.3 is 0 Å². The Kier molecular flexibility index (Phi) is 6.62. The van der Waals surface area contributed by atoms with Gasteiger partial charge in [0.2, 0.25) is 0 Å². The molecule has 0 bridgehead atoms. The van der Waals surface area contributed by atoms with E-state index in [1.54, 1.807) is 0 Å². The minimum Gasteiger partial charge on any atom is -0.377 e. The van der Waals surface area contributed by atoms with Gasteiger partial charge in [0.15, 0.2) is 0 Å². The van der Waals surface area contributed by atoms with Crippen LogP contribution in [0.1, 0.15) is 58.8 Å². The lowest BCUT2D eigenvalue weighted by molar-refractivity contribution is 0.0228. The van der Waals surface area contributed by atoms with E-state index in [1.165, 1.54) is 51.5 Å². The number of hydrogen-bond donors (Lipinski definition) is 1. The summed E-state index contributed by atoms with van der Waals surface area (Å²) in [5.74, 6) is 0. The first-order chi connectivity index (χ1) is 9.33. The summed E-state index contributed by atoms with van der Waals surface area (Å²) in [6.07, 6.45) is 9.71. The fraction of sp³-hybridized carbons (Fsp3) is 1.00. The van der Waals surface area contributed by atoms with E-state index in [-0.39, 0.29) is 0 Å². The van der Waals surface area contributed by atoms with Crippen molar-refractivity contribution in [2.24, 2.45) is 0 Å². The van der Waals surface area contributed by atoms with Crippen LogP contribution in [-0.4, -0.2) is 49.3 Å². The first-order valence-corrected chi connectivity index (χ1v) is 8.42. The van der Waals surface area contributed by atoms with Crippen LogP contribution < -0.4 is 5.32 Å². The molecule has 112 valence electrons. The Balaban J connectivity index is 1.70. The Bertz CT molecular complexity index is 241. The largest absolute Gasteiger partial charge is 0.377 e. The van der Waals surface area contributed by atoms with Gasteiger partial charge in [-0.05, 0) is 25.7 Å². The summed E-state index contributed by atoms with van der Waals surface area (Å²) in [6, 6.07) is 1.40. The summed E-state index contributed by atoms with van der Waals surface area (Å²) < 4.78 is 6.03. The molecule has 0 spiro atoms. The Labute approximate surface area is 119 Å². The van der Waals surface area contributed by atoms with Gasteiger partial charge in [0.25, 0.3) is 0 Å². The molecule has 0 radical (unpaired) electrons. The molecule has 19 heavy (non-hydrogen) atoms. The van der Waals surface area contributed by atoms with Gasteiger partial charge in [0.05, 0.1) is 12.7 Å². The fourth-order valence-corrected chi connectivity index (χ4v) is 3.54. The summed E-state index contributed by atoms with van der Waals surface area (Å²) in [7, 11) is 0. The van der Waals surface area contributed by atoms with E-state index in [1.807, 2.05) is 0 Å². The first-order valence-electron chi connectivity index (χ1n) is 8.42. The van der Waals surface area contributed by atoms with Crippen molar-refractivity contribution in [3.05, 3.63) is 0 Å². The molecule has 1 saturated carbocycles. The molecule has 0 aromatic heterocycles. The van der Waals surface area contributed by atoms with E-state index < -0.39 is 0 Å². The van der Waals surface area contributed by atoms with Gasteiger partial charge in [-0.25, -0.2) is 0 Å². The number of ether oxygens (including phenoxy) is 1. The molecule has 0 aromatic carbocycles. The lowest BCUT2D eigenvalue weighted by Crippen LogP contribution is -2.56. The highest BCUT2D eigenvalue weighted by atomic mass is 16.5. The molecule has 2 rings (SSSR count). The zero-order valence-corrected chi connectivity index (χ0v) is 12.9. The zero-order chi connectivity index (χ0) is 13.5. The minimum atomic E-state index is 0.564. The third-order valence-corrected chi connectivity index (χ3v) is 4.76. The van der Waals surface area contributed by atoms with E-state index in [0.29, 0.717) is 18.2 Å². The van der Waals surface area contributed by atoms with Gasteiger partial charge < -0.3 is 10.1 Å². The molecule has 1 N–H and O–H groups in total. The van der Waals surface area contributed by atoms with Crippen LogP contribution in [-0.2, 0) is 4.74 Å². The summed E-state index contributed by atoms with van der Waals surface area (Å²) in [6.45, 7) is 9.00. The quantitative estimate of drug-likeness (QED) is 0.768. The summed E-state index contributed by atoms with van der Waals surface area (Å²) in [4.78, 5) is 2.66. The standard InChI is InChI=1S/C16H32N2O/c1-3-7-14-13-18(15(4-2)12-17-14)10-11-19-16-8-5-6-9-16/h14-17H,3-13H2,1-2H3. The zero-order valence-electron chi connectivity index (χ0n) is 12.9. The molecule has 0 aromatic rings. The molecule has 1 heterocycles. The molecule has 1 saturated heterocycles. The van der Waals surface area contributed by atoms with Crippen LogP contribution >= 0.6 is 0 Å². The van der Waals surface area contributed by atoms with Crippen LogP contribution in [0, 0.1) is 0 Å². The molecular weight excluding hydrogens is 236 g/mol. The number of nitrogens with one attached hydrogen (secondary N) is 1. The van der Waals surface area contributed by atoms with Crippen LogP contribution in [0.3, 0.4) is 0 Å². The number of nitrogens with zero attached hydrogens (tertiary/aromatic N) is 1. The van der Waals surface area contributed by atoms with Crippen molar-refractivity contribution < 1.29 is 4.74 Å². The molecule has 1 aliphatic carbocycles. The second-order valence-corrected chi connectivity index (χ2v) is 6.23. The Morgan fingerprint density at radius 1 is 1.21 bits per heavy atom. The molecule has 3 nitrogen and oxygen atoms in total. The van der Waals surface area contributed by atoms with Crippen molar-refractivity contribution in [2.75, 3.05) is 26.2 Å². The highest BCUT2D eigenvalue weighted by molar-refractivity contribution is 4.85. The van der Waals surface area contributed by atoms with E-state index >= 15 is 0 Å². The van der Waals surface area contributed by atoms with E-state index in [2.05, 4.69) is 24.1 Å². The van der Waals surface area contributed by atoms with Gasteiger partial charge in [-0.1, -0.05) is 33.1 Å². The molecule has 1 aliphatic heterocycles. The highest BCUT2D eigenvalue weighted by Crippen LogP contribution is 2.21. The van der Waals surface area contributed by atoms with Gasteiger partial charge in [-0.3, -0.25) is 4.90 Å². The Morgan fingerprint density at radius 3 is 2.68 bits per heavy atom. The number of rotatable bonds is 7. The molecule has 2 atom stereocenters. The Hall–Kier alpha value is -0.120. The number of piperazine rings is 1. The monoisotopic (exact) mass is 268 g/mol. The van der Waals surface area contributed by atoms with Gasteiger partial charge in [0.1, 0.15) is 0 Å².